The van der Waals surface area contributed by atoms with E-state index in [9.17, 15) is 0 Å². The van der Waals surface area contributed by atoms with E-state index >= 15 is 0 Å². The summed E-state index contributed by atoms with van der Waals surface area (Å²) in [5, 5.41) is 0.675. The van der Waals surface area contributed by atoms with Gasteiger partial charge in [0.05, 0.1) is 0 Å². The molecule has 176 valence electrons. The number of halogens is 1. The third-order valence-electron chi connectivity index (χ3n) is 6.09. The van der Waals surface area contributed by atoms with Gasteiger partial charge in [-0.05, 0) is 29.3 Å². The van der Waals surface area contributed by atoms with Gasteiger partial charge in [-0.15, -0.1) is 0 Å². The second-order valence-electron chi connectivity index (χ2n) is 8.52. The minimum atomic E-state index is 0.611. The highest BCUT2D eigenvalue weighted by Crippen LogP contribution is 2.38. The van der Waals surface area contributed by atoms with Crippen LogP contribution in [0.1, 0.15) is 0 Å². The maximum atomic E-state index is 6.69. The zero-order chi connectivity index (χ0) is 25.0. The van der Waals surface area contributed by atoms with Crippen LogP contribution >= 0.6 is 11.6 Å². The van der Waals surface area contributed by atoms with Crippen molar-refractivity contribution in [2.75, 3.05) is 0 Å². The first-order chi connectivity index (χ1) is 18.3. The molecule has 0 aliphatic carbocycles. The predicted octanol–water partition coefficient (Wildman–Crippen LogP) is 8.26. The summed E-state index contributed by atoms with van der Waals surface area (Å²) in [6.45, 7) is 0. The Hall–Kier alpha value is -4.67. The van der Waals surface area contributed by atoms with Crippen molar-refractivity contribution in [2.24, 2.45) is 0 Å². The summed E-state index contributed by atoms with van der Waals surface area (Å²) in [7, 11) is 0. The molecular weight excluding hydrogens is 476 g/mol. The molecule has 0 amide bonds. The molecule has 37 heavy (non-hydrogen) atoms. The lowest BCUT2D eigenvalue weighted by molar-refractivity contribution is 1.07. The minimum absolute atomic E-state index is 0.611. The van der Waals surface area contributed by atoms with Crippen molar-refractivity contribution in [3.05, 3.63) is 133 Å². The van der Waals surface area contributed by atoms with Gasteiger partial charge in [-0.1, -0.05) is 109 Å². The van der Waals surface area contributed by atoms with Crippen molar-refractivity contribution in [3.63, 3.8) is 0 Å². The van der Waals surface area contributed by atoms with Crippen LogP contribution in [-0.2, 0) is 0 Å². The van der Waals surface area contributed by atoms with E-state index in [1.54, 1.807) is 6.20 Å². The summed E-state index contributed by atoms with van der Waals surface area (Å²) in [6, 6.07) is 38.1. The molecule has 0 spiro atoms. The maximum Gasteiger partial charge on any atom is 0.164 e. The number of benzene rings is 4. The molecule has 2 heterocycles. The summed E-state index contributed by atoms with van der Waals surface area (Å²) in [5.74, 6) is 1.88. The molecule has 4 aromatic carbocycles. The zero-order valence-electron chi connectivity index (χ0n) is 19.8. The first kappa shape index (κ1) is 22.8. The van der Waals surface area contributed by atoms with Crippen LogP contribution in [0.25, 0.3) is 56.4 Å². The van der Waals surface area contributed by atoms with Crippen LogP contribution in [0.3, 0.4) is 0 Å². The van der Waals surface area contributed by atoms with E-state index in [1.807, 2.05) is 103 Å². The molecule has 0 saturated heterocycles. The fourth-order valence-corrected chi connectivity index (χ4v) is 4.62. The molecule has 0 bridgehead atoms. The molecular formula is C32H21ClN4. The molecule has 0 radical (unpaired) electrons. The third-order valence-corrected chi connectivity index (χ3v) is 6.41. The Balaban J connectivity index is 1.51. The fourth-order valence-electron chi connectivity index (χ4n) is 4.33. The number of hydrogen-bond acceptors (Lipinski definition) is 4. The van der Waals surface area contributed by atoms with E-state index in [0.29, 0.717) is 22.5 Å². The Morgan fingerprint density at radius 2 is 1.00 bits per heavy atom. The molecule has 6 aromatic rings. The lowest BCUT2D eigenvalue weighted by Gasteiger charge is -2.13. The molecule has 0 aliphatic heterocycles. The Morgan fingerprint density at radius 3 is 1.62 bits per heavy atom. The van der Waals surface area contributed by atoms with Crippen molar-refractivity contribution in [1.29, 1.82) is 0 Å². The number of nitrogens with zero attached hydrogens (tertiary/aromatic N) is 4. The summed E-state index contributed by atoms with van der Waals surface area (Å²) in [4.78, 5) is 18.8. The van der Waals surface area contributed by atoms with Gasteiger partial charge in [0.15, 0.2) is 17.5 Å². The monoisotopic (exact) mass is 496 g/mol. The Bertz CT molecular complexity index is 1610. The van der Waals surface area contributed by atoms with Crippen LogP contribution in [0.2, 0.25) is 5.02 Å². The molecule has 4 nitrogen and oxygen atoms in total. The van der Waals surface area contributed by atoms with Gasteiger partial charge in [0.2, 0.25) is 0 Å². The van der Waals surface area contributed by atoms with Crippen molar-refractivity contribution < 1.29 is 0 Å². The summed E-state index contributed by atoms with van der Waals surface area (Å²) in [5.41, 5.74) is 6.71. The van der Waals surface area contributed by atoms with Gasteiger partial charge in [-0.25, -0.2) is 15.0 Å². The fraction of sp³-hybridized carbons (Fsp3) is 0. The van der Waals surface area contributed by atoms with E-state index in [-0.39, 0.29) is 0 Å². The predicted molar refractivity (Wildman–Crippen MR) is 150 cm³/mol. The maximum absolute atomic E-state index is 6.69. The largest absolute Gasteiger partial charge is 0.264 e. The van der Waals surface area contributed by atoms with Gasteiger partial charge in [0.1, 0.15) is 0 Å². The average Bonchev–Trinajstić information content (AvgIpc) is 2.98. The third kappa shape index (κ3) is 4.75. The van der Waals surface area contributed by atoms with Crippen LogP contribution in [-0.4, -0.2) is 19.9 Å². The second kappa shape index (κ2) is 10.1. The van der Waals surface area contributed by atoms with Crippen LogP contribution in [0.4, 0.5) is 0 Å². The Labute approximate surface area is 220 Å². The van der Waals surface area contributed by atoms with Gasteiger partial charge in [-0.2, -0.15) is 0 Å². The van der Waals surface area contributed by atoms with Crippen LogP contribution in [0, 0.1) is 0 Å². The van der Waals surface area contributed by atoms with E-state index in [0.717, 1.165) is 38.9 Å². The smallest absolute Gasteiger partial charge is 0.164 e. The average molecular weight is 497 g/mol. The number of aromatic nitrogens is 4. The van der Waals surface area contributed by atoms with Gasteiger partial charge in [-0.3, -0.25) is 4.98 Å². The van der Waals surface area contributed by atoms with Crippen LogP contribution < -0.4 is 0 Å². The molecule has 5 heteroatoms. The van der Waals surface area contributed by atoms with Crippen molar-refractivity contribution in [1.82, 2.24) is 19.9 Å². The summed E-state index contributed by atoms with van der Waals surface area (Å²) >= 11 is 6.69. The van der Waals surface area contributed by atoms with E-state index in [1.165, 1.54) is 0 Å². The Kier molecular flexibility index (Phi) is 6.24. The lowest BCUT2D eigenvalue weighted by Crippen LogP contribution is -2.00. The highest BCUT2D eigenvalue weighted by Gasteiger charge is 2.15. The van der Waals surface area contributed by atoms with Crippen molar-refractivity contribution in [3.8, 4) is 56.4 Å². The molecule has 0 atom stereocenters. The van der Waals surface area contributed by atoms with Gasteiger partial charge >= 0.3 is 0 Å². The van der Waals surface area contributed by atoms with Crippen molar-refractivity contribution >= 4 is 11.6 Å². The number of hydrogen-bond donors (Lipinski definition) is 0. The number of pyridine rings is 1. The van der Waals surface area contributed by atoms with Gasteiger partial charge in [0, 0.05) is 45.2 Å². The standard InChI is InChI=1S/C32H21ClN4/c33-28-18-8-17-27(29(28)26-16-9-19-34-21-26)24-14-7-15-25(20-24)32-36-30(22-10-3-1-4-11-22)35-31(37-32)23-12-5-2-6-13-23/h1-21H. The minimum Gasteiger partial charge on any atom is -0.264 e. The molecule has 2 aromatic heterocycles. The first-order valence-corrected chi connectivity index (χ1v) is 12.3. The second-order valence-corrected chi connectivity index (χ2v) is 8.93. The summed E-state index contributed by atoms with van der Waals surface area (Å²) < 4.78 is 0. The number of rotatable bonds is 5. The topological polar surface area (TPSA) is 51.6 Å². The SMILES string of the molecule is Clc1cccc(-c2cccc(-c3nc(-c4ccccc4)nc(-c4ccccc4)n3)c2)c1-c1cccnc1. The van der Waals surface area contributed by atoms with Gasteiger partial charge < -0.3 is 0 Å². The quantitative estimate of drug-likeness (QED) is 0.241. The van der Waals surface area contributed by atoms with E-state index in [4.69, 9.17) is 26.6 Å². The highest BCUT2D eigenvalue weighted by molar-refractivity contribution is 6.34. The van der Waals surface area contributed by atoms with E-state index in [2.05, 4.69) is 23.2 Å². The molecule has 0 unspecified atom stereocenters. The first-order valence-electron chi connectivity index (χ1n) is 11.9. The van der Waals surface area contributed by atoms with Crippen LogP contribution in [0.15, 0.2) is 128 Å². The summed E-state index contributed by atoms with van der Waals surface area (Å²) in [6.07, 6.45) is 3.59. The lowest BCUT2D eigenvalue weighted by atomic mass is 9.94. The zero-order valence-corrected chi connectivity index (χ0v) is 20.5. The van der Waals surface area contributed by atoms with E-state index < -0.39 is 0 Å². The molecule has 0 fully saturated rings. The molecule has 0 N–H and O–H groups in total. The molecule has 0 aliphatic rings. The van der Waals surface area contributed by atoms with Gasteiger partial charge in [0.25, 0.3) is 0 Å². The molecule has 6 rings (SSSR count). The molecule has 0 saturated carbocycles. The highest BCUT2D eigenvalue weighted by atomic mass is 35.5. The Morgan fingerprint density at radius 1 is 0.459 bits per heavy atom. The van der Waals surface area contributed by atoms with Crippen molar-refractivity contribution in [2.45, 2.75) is 0 Å². The normalized spacial score (nSPS) is 10.8. The van der Waals surface area contributed by atoms with Crippen LogP contribution in [0.5, 0.6) is 0 Å².